The smallest absolute Gasteiger partial charge is 0.251 e. The molecule has 0 aromatic heterocycles. The molecule has 7 heteroatoms. The van der Waals surface area contributed by atoms with Crippen molar-refractivity contribution in [2.75, 3.05) is 25.2 Å². The van der Waals surface area contributed by atoms with E-state index in [0.717, 1.165) is 11.9 Å². The Hall–Kier alpha value is -1.60. The molecule has 6 nitrogen and oxygen atoms in total. The highest BCUT2D eigenvalue weighted by atomic mass is 32.2. The molecule has 20 heavy (non-hydrogen) atoms. The molecule has 1 amide bonds. The van der Waals surface area contributed by atoms with Crippen molar-refractivity contribution in [1.29, 1.82) is 0 Å². The summed E-state index contributed by atoms with van der Waals surface area (Å²) in [5, 5.41) is 5.68. The number of carbonyl (C=O) groups is 1. The van der Waals surface area contributed by atoms with Crippen molar-refractivity contribution in [3.8, 4) is 0 Å². The zero-order valence-electron chi connectivity index (χ0n) is 12.1. The highest BCUT2D eigenvalue weighted by molar-refractivity contribution is 7.88. The molecule has 112 valence electrons. The van der Waals surface area contributed by atoms with Crippen molar-refractivity contribution in [2.24, 2.45) is 0 Å². The first-order valence-electron chi connectivity index (χ1n) is 6.18. The maximum atomic E-state index is 11.9. The summed E-state index contributed by atoms with van der Waals surface area (Å²) in [5.74, 6) is -0.240. The Labute approximate surface area is 120 Å². The van der Waals surface area contributed by atoms with Crippen LogP contribution in [0, 0.1) is 0 Å². The lowest BCUT2D eigenvalue weighted by Gasteiger charge is -2.25. The fourth-order valence-corrected chi connectivity index (χ4v) is 2.81. The summed E-state index contributed by atoms with van der Waals surface area (Å²) in [4.78, 5) is 11.9. The van der Waals surface area contributed by atoms with Crippen molar-refractivity contribution in [2.45, 2.75) is 19.4 Å². The van der Waals surface area contributed by atoms with Gasteiger partial charge in [-0.3, -0.25) is 4.79 Å². The van der Waals surface area contributed by atoms with E-state index in [4.69, 9.17) is 0 Å². The molecule has 0 fully saturated rings. The Balaban J connectivity index is 2.62. The van der Waals surface area contributed by atoms with E-state index in [0.29, 0.717) is 5.56 Å². The van der Waals surface area contributed by atoms with Gasteiger partial charge in [-0.15, -0.1) is 0 Å². The van der Waals surface area contributed by atoms with Crippen LogP contribution in [0.5, 0.6) is 0 Å². The normalized spacial score (nSPS) is 12.0. The molecular formula is C13H21N3O3S. The molecule has 0 heterocycles. The van der Waals surface area contributed by atoms with Crippen LogP contribution in [0.25, 0.3) is 0 Å². The lowest BCUT2D eigenvalue weighted by Crippen LogP contribution is -2.51. The van der Waals surface area contributed by atoms with Crippen LogP contribution in [0.15, 0.2) is 24.3 Å². The van der Waals surface area contributed by atoms with Crippen molar-refractivity contribution in [1.82, 2.24) is 10.0 Å². The van der Waals surface area contributed by atoms with Crippen molar-refractivity contribution < 1.29 is 13.2 Å². The first-order valence-corrected chi connectivity index (χ1v) is 8.07. The minimum absolute atomic E-state index is 0.201. The third-order valence-corrected chi connectivity index (χ3v) is 3.51. The fourth-order valence-electron chi connectivity index (χ4n) is 1.73. The average molecular weight is 299 g/mol. The van der Waals surface area contributed by atoms with Crippen molar-refractivity contribution >= 4 is 21.6 Å². The number of rotatable bonds is 6. The Bertz CT molecular complexity index is 565. The predicted octanol–water partition coefficient (Wildman–Crippen LogP) is 0.786. The summed E-state index contributed by atoms with van der Waals surface area (Å²) in [7, 11) is -1.51. The predicted molar refractivity (Wildman–Crippen MR) is 80.4 cm³/mol. The van der Waals surface area contributed by atoms with Crippen LogP contribution in [0.4, 0.5) is 5.69 Å². The Morgan fingerprint density at radius 2 is 1.75 bits per heavy atom. The number of carbonyl (C=O) groups excluding carboxylic acids is 1. The van der Waals surface area contributed by atoms with Gasteiger partial charge in [0.05, 0.1) is 6.26 Å². The highest BCUT2D eigenvalue weighted by Crippen LogP contribution is 2.09. The second-order valence-electron chi connectivity index (χ2n) is 5.27. The lowest BCUT2D eigenvalue weighted by atomic mass is 10.1. The third-order valence-electron chi connectivity index (χ3n) is 2.59. The van der Waals surface area contributed by atoms with Crippen LogP contribution in [-0.4, -0.2) is 39.7 Å². The molecule has 0 atom stereocenters. The molecule has 1 aromatic rings. The van der Waals surface area contributed by atoms with E-state index in [1.807, 2.05) is 0 Å². The Morgan fingerprint density at radius 3 is 2.20 bits per heavy atom. The van der Waals surface area contributed by atoms with Crippen LogP contribution in [0.2, 0.25) is 0 Å². The molecule has 0 saturated carbocycles. The fraction of sp³-hybridized carbons (Fsp3) is 0.462. The van der Waals surface area contributed by atoms with Crippen molar-refractivity contribution in [3.63, 3.8) is 0 Å². The zero-order valence-corrected chi connectivity index (χ0v) is 13.0. The average Bonchev–Trinajstić information content (AvgIpc) is 2.33. The topological polar surface area (TPSA) is 87.3 Å². The van der Waals surface area contributed by atoms with E-state index in [-0.39, 0.29) is 12.5 Å². The Kier molecular flexibility index (Phi) is 5.13. The molecule has 0 bridgehead atoms. The second kappa shape index (κ2) is 6.23. The quantitative estimate of drug-likeness (QED) is 0.724. The zero-order chi connectivity index (χ0) is 15.4. The summed E-state index contributed by atoms with van der Waals surface area (Å²) >= 11 is 0. The number of amides is 1. The van der Waals surface area contributed by atoms with Gasteiger partial charge in [-0.1, -0.05) is 0 Å². The van der Waals surface area contributed by atoms with Gasteiger partial charge >= 0.3 is 0 Å². The molecule has 0 aliphatic carbocycles. The SMILES string of the molecule is CNc1ccc(C(=O)NCC(C)(C)NS(C)(=O)=O)cc1. The van der Waals surface area contributed by atoms with Gasteiger partial charge in [0.25, 0.3) is 5.91 Å². The maximum Gasteiger partial charge on any atom is 0.251 e. The maximum absolute atomic E-state index is 11.9. The number of sulfonamides is 1. The van der Waals surface area contributed by atoms with E-state index in [1.54, 1.807) is 45.2 Å². The first kappa shape index (κ1) is 16.5. The van der Waals surface area contributed by atoms with Gasteiger partial charge in [0.15, 0.2) is 0 Å². The number of nitrogens with one attached hydrogen (secondary N) is 3. The van der Waals surface area contributed by atoms with Crippen LogP contribution >= 0.6 is 0 Å². The van der Waals surface area contributed by atoms with Gasteiger partial charge in [-0.2, -0.15) is 0 Å². The summed E-state index contributed by atoms with van der Waals surface area (Å²) in [6, 6.07) is 7.01. The molecule has 0 spiro atoms. The molecule has 0 saturated heterocycles. The monoisotopic (exact) mass is 299 g/mol. The molecule has 0 aliphatic heterocycles. The highest BCUT2D eigenvalue weighted by Gasteiger charge is 2.22. The minimum atomic E-state index is -3.31. The van der Waals surface area contributed by atoms with Gasteiger partial charge in [0.1, 0.15) is 0 Å². The first-order chi connectivity index (χ1) is 9.13. The largest absolute Gasteiger partial charge is 0.388 e. The van der Waals surface area contributed by atoms with E-state index in [2.05, 4.69) is 15.4 Å². The number of anilines is 1. The van der Waals surface area contributed by atoms with E-state index >= 15 is 0 Å². The summed E-state index contributed by atoms with van der Waals surface area (Å²) in [5.41, 5.74) is 0.702. The summed E-state index contributed by atoms with van der Waals surface area (Å²) in [6.45, 7) is 3.61. The third kappa shape index (κ3) is 5.58. The molecular weight excluding hydrogens is 278 g/mol. The molecule has 1 aromatic carbocycles. The van der Waals surface area contributed by atoms with Crippen LogP contribution < -0.4 is 15.4 Å². The van der Waals surface area contributed by atoms with Crippen molar-refractivity contribution in [3.05, 3.63) is 29.8 Å². The molecule has 0 unspecified atom stereocenters. The van der Waals surface area contributed by atoms with Gasteiger partial charge in [-0.05, 0) is 38.1 Å². The summed E-state index contributed by atoms with van der Waals surface area (Å²) in [6.07, 6.45) is 1.09. The molecule has 0 radical (unpaired) electrons. The second-order valence-corrected chi connectivity index (χ2v) is 7.02. The van der Waals surface area contributed by atoms with Crippen LogP contribution in [0.3, 0.4) is 0 Å². The molecule has 0 aliphatic rings. The number of hydrogen-bond donors (Lipinski definition) is 3. The van der Waals surface area contributed by atoms with Gasteiger partial charge in [0.2, 0.25) is 10.0 Å². The van der Waals surface area contributed by atoms with E-state index < -0.39 is 15.6 Å². The minimum Gasteiger partial charge on any atom is -0.388 e. The van der Waals surface area contributed by atoms with Gasteiger partial charge in [-0.25, -0.2) is 13.1 Å². The van der Waals surface area contributed by atoms with Crippen LogP contribution in [-0.2, 0) is 10.0 Å². The van der Waals surface area contributed by atoms with Crippen LogP contribution in [0.1, 0.15) is 24.2 Å². The summed E-state index contributed by atoms with van der Waals surface area (Å²) < 4.78 is 24.9. The number of hydrogen-bond acceptors (Lipinski definition) is 4. The molecule has 3 N–H and O–H groups in total. The standard InChI is InChI=1S/C13H21N3O3S/c1-13(2,16-20(4,18)19)9-15-12(17)10-5-7-11(14-3)8-6-10/h5-8,14,16H,9H2,1-4H3,(H,15,17). The van der Waals surface area contributed by atoms with Gasteiger partial charge < -0.3 is 10.6 Å². The Morgan fingerprint density at radius 1 is 1.20 bits per heavy atom. The van der Waals surface area contributed by atoms with Gasteiger partial charge in [0, 0.05) is 30.4 Å². The van der Waals surface area contributed by atoms with E-state index in [9.17, 15) is 13.2 Å². The number of benzene rings is 1. The van der Waals surface area contributed by atoms with E-state index in [1.165, 1.54) is 0 Å². The lowest BCUT2D eigenvalue weighted by molar-refractivity contribution is 0.0944. The molecule has 1 rings (SSSR count).